The normalized spacial score (nSPS) is 18.2. The molecule has 2 saturated heterocycles. The number of hydrogen-bond donors (Lipinski definition) is 1. The highest BCUT2D eigenvalue weighted by Crippen LogP contribution is 2.24. The Labute approximate surface area is 167 Å². The maximum Gasteiger partial charge on any atom is 0.272 e. The molecule has 0 unspecified atom stereocenters. The van der Waals surface area contributed by atoms with E-state index >= 15 is 0 Å². The molecule has 3 heterocycles. The van der Waals surface area contributed by atoms with Crippen LogP contribution in [-0.4, -0.2) is 42.0 Å². The molecule has 1 amide bonds. The van der Waals surface area contributed by atoms with Gasteiger partial charge in [0.05, 0.1) is 0 Å². The van der Waals surface area contributed by atoms with E-state index in [9.17, 15) is 4.79 Å². The Morgan fingerprint density at radius 1 is 0.964 bits per heavy atom. The molecule has 0 aliphatic carbocycles. The van der Waals surface area contributed by atoms with Crippen LogP contribution >= 0.6 is 0 Å². The van der Waals surface area contributed by atoms with E-state index in [4.69, 9.17) is 0 Å². The molecule has 1 N–H and O–H groups in total. The molecule has 2 aliphatic heterocycles. The molecule has 28 heavy (non-hydrogen) atoms. The Morgan fingerprint density at radius 2 is 1.68 bits per heavy atom. The lowest BCUT2D eigenvalue weighted by Crippen LogP contribution is -2.38. The number of carbonyl (C=O) groups is 1. The second-order valence-electron chi connectivity index (χ2n) is 8.12. The molecule has 2 fully saturated rings. The van der Waals surface area contributed by atoms with Crippen LogP contribution in [0.5, 0.6) is 0 Å². The predicted molar refractivity (Wildman–Crippen MR) is 114 cm³/mol. The van der Waals surface area contributed by atoms with E-state index < -0.39 is 0 Å². The van der Waals surface area contributed by atoms with Gasteiger partial charge in [-0.1, -0.05) is 6.92 Å². The summed E-state index contributed by atoms with van der Waals surface area (Å²) in [5.41, 5.74) is 3.73. The zero-order chi connectivity index (χ0) is 19.3. The summed E-state index contributed by atoms with van der Waals surface area (Å²) in [4.78, 5) is 21.5. The molecule has 4 rings (SSSR count). The lowest BCUT2D eigenvalue weighted by molar-refractivity contribution is 0.0691. The van der Waals surface area contributed by atoms with Crippen molar-refractivity contribution in [2.45, 2.75) is 39.0 Å². The second-order valence-corrected chi connectivity index (χ2v) is 8.12. The third kappa shape index (κ3) is 4.46. The molecule has 0 spiro atoms. The molecule has 148 valence electrons. The van der Waals surface area contributed by atoms with E-state index in [2.05, 4.69) is 46.4 Å². The Morgan fingerprint density at radius 3 is 2.39 bits per heavy atom. The molecule has 2 aliphatic rings. The average Bonchev–Trinajstić information content (AvgIpc) is 2.75. The van der Waals surface area contributed by atoms with Gasteiger partial charge in [0, 0.05) is 49.4 Å². The summed E-state index contributed by atoms with van der Waals surface area (Å²) < 4.78 is 0. The zero-order valence-corrected chi connectivity index (χ0v) is 16.7. The van der Waals surface area contributed by atoms with Gasteiger partial charge in [0.1, 0.15) is 5.69 Å². The van der Waals surface area contributed by atoms with Crippen LogP contribution in [0.25, 0.3) is 0 Å². The Kier molecular flexibility index (Phi) is 5.79. The zero-order valence-electron chi connectivity index (χ0n) is 16.7. The molecular formula is C23H30N4O. The fourth-order valence-electron chi connectivity index (χ4n) is 4.07. The molecule has 0 saturated carbocycles. The fraction of sp³-hybridized carbons (Fsp3) is 0.478. The lowest BCUT2D eigenvalue weighted by Gasteiger charge is -2.30. The average molecular weight is 379 g/mol. The number of likely N-dealkylation sites (tertiary alicyclic amines) is 1. The quantitative estimate of drug-likeness (QED) is 0.839. The molecule has 5 nitrogen and oxygen atoms in total. The number of nitrogens with zero attached hydrogens (tertiary/aromatic N) is 3. The number of piperidine rings is 2. The number of benzene rings is 1. The number of anilines is 3. The van der Waals surface area contributed by atoms with E-state index in [1.165, 1.54) is 24.9 Å². The number of pyridine rings is 1. The van der Waals surface area contributed by atoms with E-state index in [1.54, 1.807) is 6.20 Å². The molecule has 2 aromatic rings. The molecule has 1 aromatic carbocycles. The van der Waals surface area contributed by atoms with Gasteiger partial charge in [-0.3, -0.25) is 9.78 Å². The molecule has 0 radical (unpaired) electrons. The van der Waals surface area contributed by atoms with Gasteiger partial charge >= 0.3 is 0 Å². The van der Waals surface area contributed by atoms with Crippen molar-refractivity contribution in [1.29, 1.82) is 0 Å². The summed E-state index contributed by atoms with van der Waals surface area (Å²) in [6, 6.07) is 12.3. The minimum atomic E-state index is 0.0380. The number of amides is 1. The SMILES string of the molecule is CC1CCN(C(=O)c2cc(Nc3ccc(N4CCCCC4)cc3)ccn2)CC1. The van der Waals surface area contributed by atoms with E-state index in [1.807, 2.05) is 17.0 Å². The summed E-state index contributed by atoms with van der Waals surface area (Å²) in [5.74, 6) is 0.744. The standard InChI is InChI=1S/C23H30N4O/c1-18-10-15-27(16-11-18)23(28)22-17-20(9-12-24-22)25-19-5-7-21(8-6-19)26-13-3-2-4-14-26/h5-9,12,17-18H,2-4,10-11,13-16H2,1H3,(H,24,25). The smallest absolute Gasteiger partial charge is 0.272 e. The third-order valence-corrected chi connectivity index (χ3v) is 5.93. The largest absolute Gasteiger partial charge is 0.372 e. The van der Waals surface area contributed by atoms with Gasteiger partial charge in [0.2, 0.25) is 0 Å². The summed E-state index contributed by atoms with van der Waals surface area (Å²) in [6.45, 7) is 6.21. The number of carbonyl (C=O) groups excluding carboxylic acids is 1. The molecule has 0 atom stereocenters. The van der Waals surface area contributed by atoms with Crippen molar-refractivity contribution in [1.82, 2.24) is 9.88 Å². The van der Waals surface area contributed by atoms with Crippen LogP contribution in [0.1, 0.15) is 49.5 Å². The first-order valence-corrected chi connectivity index (χ1v) is 10.6. The first kappa shape index (κ1) is 18.8. The van der Waals surface area contributed by atoms with Crippen molar-refractivity contribution in [2.24, 2.45) is 5.92 Å². The predicted octanol–water partition coefficient (Wildman–Crippen LogP) is 4.69. The van der Waals surface area contributed by atoms with Crippen LogP contribution in [0, 0.1) is 5.92 Å². The van der Waals surface area contributed by atoms with Crippen molar-refractivity contribution < 1.29 is 4.79 Å². The van der Waals surface area contributed by atoms with Crippen molar-refractivity contribution in [3.05, 3.63) is 48.3 Å². The van der Waals surface area contributed by atoms with Gasteiger partial charge in [-0.2, -0.15) is 0 Å². The maximum atomic E-state index is 12.8. The van der Waals surface area contributed by atoms with Gasteiger partial charge in [0.25, 0.3) is 5.91 Å². The number of aromatic nitrogens is 1. The number of rotatable bonds is 4. The van der Waals surface area contributed by atoms with Crippen LogP contribution in [-0.2, 0) is 0 Å². The summed E-state index contributed by atoms with van der Waals surface area (Å²) in [6.07, 6.45) is 7.77. The van der Waals surface area contributed by atoms with Crippen molar-refractivity contribution >= 4 is 23.0 Å². The topological polar surface area (TPSA) is 48.5 Å². The van der Waals surface area contributed by atoms with Crippen LogP contribution in [0.2, 0.25) is 0 Å². The van der Waals surface area contributed by atoms with Gasteiger partial charge in [0.15, 0.2) is 0 Å². The highest BCUT2D eigenvalue weighted by Gasteiger charge is 2.22. The van der Waals surface area contributed by atoms with Gasteiger partial charge in [-0.25, -0.2) is 0 Å². The molecule has 5 heteroatoms. The molecular weight excluding hydrogens is 348 g/mol. The summed E-state index contributed by atoms with van der Waals surface area (Å²) in [5, 5.41) is 3.41. The van der Waals surface area contributed by atoms with Crippen molar-refractivity contribution in [2.75, 3.05) is 36.4 Å². The Balaban J connectivity index is 1.41. The first-order valence-electron chi connectivity index (χ1n) is 10.6. The Bertz CT molecular complexity index is 791. The summed E-state index contributed by atoms with van der Waals surface area (Å²) >= 11 is 0. The van der Waals surface area contributed by atoms with Gasteiger partial charge in [-0.05, 0) is 74.4 Å². The number of nitrogens with one attached hydrogen (secondary N) is 1. The van der Waals surface area contributed by atoms with E-state index in [0.717, 1.165) is 50.4 Å². The van der Waals surface area contributed by atoms with E-state index in [0.29, 0.717) is 11.6 Å². The molecule has 1 aromatic heterocycles. The van der Waals surface area contributed by atoms with Crippen molar-refractivity contribution in [3.63, 3.8) is 0 Å². The van der Waals surface area contributed by atoms with Crippen LogP contribution in [0.15, 0.2) is 42.6 Å². The monoisotopic (exact) mass is 378 g/mol. The third-order valence-electron chi connectivity index (χ3n) is 5.93. The van der Waals surface area contributed by atoms with Gasteiger partial charge in [-0.15, -0.1) is 0 Å². The Hall–Kier alpha value is -2.56. The number of hydrogen-bond acceptors (Lipinski definition) is 4. The highest BCUT2D eigenvalue weighted by molar-refractivity contribution is 5.93. The first-order chi connectivity index (χ1) is 13.7. The van der Waals surface area contributed by atoms with Crippen molar-refractivity contribution in [3.8, 4) is 0 Å². The fourth-order valence-corrected chi connectivity index (χ4v) is 4.07. The molecule has 0 bridgehead atoms. The van der Waals surface area contributed by atoms with Crippen LogP contribution in [0.4, 0.5) is 17.1 Å². The lowest BCUT2D eigenvalue weighted by atomic mass is 9.99. The van der Waals surface area contributed by atoms with Crippen LogP contribution < -0.4 is 10.2 Å². The summed E-state index contributed by atoms with van der Waals surface area (Å²) in [7, 11) is 0. The highest BCUT2D eigenvalue weighted by atomic mass is 16.2. The van der Waals surface area contributed by atoms with Gasteiger partial charge < -0.3 is 15.1 Å². The minimum Gasteiger partial charge on any atom is -0.372 e. The maximum absolute atomic E-state index is 12.8. The van der Waals surface area contributed by atoms with Crippen LogP contribution in [0.3, 0.4) is 0 Å². The van der Waals surface area contributed by atoms with E-state index in [-0.39, 0.29) is 5.91 Å². The minimum absolute atomic E-state index is 0.0380. The second kappa shape index (κ2) is 8.63.